The summed E-state index contributed by atoms with van der Waals surface area (Å²) >= 11 is 0. The molecule has 0 atom stereocenters. The lowest BCUT2D eigenvalue weighted by atomic mass is 10.1. The van der Waals surface area contributed by atoms with Crippen molar-refractivity contribution in [3.63, 3.8) is 0 Å². The number of aromatic hydroxyl groups is 1. The maximum atomic E-state index is 12.1. The van der Waals surface area contributed by atoms with Crippen molar-refractivity contribution in [2.24, 2.45) is 0 Å². The molecule has 0 aliphatic carbocycles. The monoisotopic (exact) mass is 489 g/mol. The fraction of sp³-hybridized carbons (Fsp3) is 0.409. The lowest BCUT2D eigenvalue weighted by molar-refractivity contribution is -0.404. The van der Waals surface area contributed by atoms with Crippen molar-refractivity contribution in [3.05, 3.63) is 71.3 Å². The Kier molecular flexibility index (Phi) is 9.03. The van der Waals surface area contributed by atoms with Crippen LogP contribution in [0.15, 0.2) is 24.3 Å². The molecule has 2 aromatic rings. The van der Waals surface area contributed by atoms with Gasteiger partial charge in [-0.3, -0.25) is 35.1 Å². The fourth-order valence-electron chi connectivity index (χ4n) is 3.85. The summed E-state index contributed by atoms with van der Waals surface area (Å²) in [7, 11) is 0. The number of carbonyl (C=O) groups excluding carboxylic acids is 1. The highest BCUT2D eigenvalue weighted by atomic mass is 16.6. The molecule has 1 saturated heterocycles. The van der Waals surface area contributed by atoms with E-state index in [4.69, 9.17) is 5.11 Å². The number of amides is 1. The smallest absolute Gasteiger partial charge is 0.324 e. The zero-order chi connectivity index (χ0) is 26.3. The minimum absolute atomic E-state index is 0.221. The predicted molar refractivity (Wildman–Crippen MR) is 128 cm³/mol. The number of rotatable bonds is 6. The first-order valence-corrected chi connectivity index (χ1v) is 10.8. The van der Waals surface area contributed by atoms with E-state index >= 15 is 0 Å². The van der Waals surface area contributed by atoms with Crippen LogP contribution in [0.3, 0.4) is 0 Å². The Morgan fingerprint density at radius 3 is 1.80 bits per heavy atom. The molecule has 1 amide bonds. The summed E-state index contributed by atoms with van der Waals surface area (Å²) in [6.45, 7) is 8.54. The largest absolute Gasteiger partial charge is 0.497 e. The van der Waals surface area contributed by atoms with Gasteiger partial charge in [-0.05, 0) is 51.2 Å². The molecular formula is C22H27N5O8. The van der Waals surface area contributed by atoms with Gasteiger partial charge in [0.1, 0.15) is 0 Å². The standard InChI is InChI=1S/C16H24N2O.C6H3N3O7/c1-12-9-13(2)16(14(3)10-12)17-11-15(19)18-7-5-4-6-8-18;10-6-4(8(13)14)1-3(7(11)12)2-5(6)9(15)16/h9-10,17H,4-8,11H2,1-3H3;1-2,10H. The summed E-state index contributed by atoms with van der Waals surface area (Å²) in [4.78, 5) is 41.9. The minimum atomic E-state index is -1.21. The predicted octanol–water partition coefficient (Wildman–Crippen LogP) is 4.15. The van der Waals surface area contributed by atoms with E-state index in [-0.39, 0.29) is 5.91 Å². The number of benzene rings is 2. The van der Waals surface area contributed by atoms with Crippen LogP contribution in [0.5, 0.6) is 5.75 Å². The van der Waals surface area contributed by atoms with Gasteiger partial charge >= 0.3 is 11.4 Å². The zero-order valence-electron chi connectivity index (χ0n) is 19.6. The molecule has 0 saturated carbocycles. The lowest BCUT2D eigenvalue weighted by Gasteiger charge is -2.27. The number of carbonyl (C=O) groups is 1. The molecule has 1 fully saturated rings. The van der Waals surface area contributed by atoms with Gasteiger partial charge in [-0.25, -0.2) is 0 Å². The van der Waals surface area contributed by atoms with Gasteiger partial charge in [0, 0.05) is 18.8 Å². The number of anilines is 1. The number of nitrogens with zero attached hydrogens (tertiary/aromatic N) is 4. The van der Waals surface area contributed by atoms with Crippen LogP contribution in [-0.2, 0) is 4.79 Å². The number of piperidine rings is 1. The summed E-state index contributed by atoms with van der Waals surface area (Å²) in [5, 5.41) is 43.5. The molecule has 188 valence electrons. The molecule has 0 radical (unpaired) electrons. The molecule has 1 aliphatic heterocycles. The lowest BCUT2D eigenvalue weighted by Crippen LogP contribution is -2.39. The summed E-state index contributed by atoms with van der Waals surface area (Å²) in [5.74, 6) is -0.986. The Balaban J connectivity index is 0.000000251. The number of nitrogens with one attached hydrogen (secondary N) is 1. The fourth-order valence-corrected chi connectivity index (χ4v) is 3.85. The van der Waals surface area contributed by atoms with E-state index in [1.807, 2.05) is 4.90 Å². The van der Waals surface area contributed by atoms with E-state index in [9.17, 15) is 35.1 Å². The molecule has 1 heterocycles. The van der Waals surface area contributed by atoms with Gasteiger partial charge in [0.15, 0.2) is 0 Å². The number of phenols is 1. The second-order valence-electron chi connectivity index (χ2n) is 8.17. The van der Waals surface area contributed by atoms with Gasteiger partial charge in [0.05, 0.1) is 33.4 Å². The highest BCUT2D eigenvalue weighted by Crippen LogP contribution is 2.39. The number of likely N-dealkylation sites (tertiary alicyclic amines) is 1. The van der Waals surface area contributed by atoms with Gasteiger partial charge in [0.25, 0.3) is 11.4 Å². The maximum Gasteiger partial charge on any atom is 0.324 e. The van der Waals surface area contributed by atoms with Crippen molar-refractivity contribution >= 4 is 28.7 Å². The van der Waals surface area contributed by atoms with Crippen molar-refractivity contribution in [3.8, 4) is 5.75 Å². The summed E-state index contributed by atoms with van der Waals surface area (Å²) in [6, 6.07) is 5.20. The minimum Gasteiger partial charge on any atom is -0.497 e. The van der Waals surface area contributed by atoms with Crippen LogP contribution in [-0.4, -0.2) is 50.3 Å². The van der Waals surface area contributed by atoms with E-state index < -0.39 is 37.6 Å². The number of phenolic OH excluding ortho intramolecular Hbond substituents is 1. The van der Waals surface area contributed by atoms with Crippen LogP contribution >= 0.6 is 0 Å². The number of nitro benzene ring substituents is 3. The van der Waals surface area contributed by atoms with Gasteiger partial charge in [-0.15, -0.1) is 0 Å². The van der Waals surface area contributed by atoms with Gasteiger partial charge in [0.2, 0.25) is 5.91 Å². The topological polar surface area (TPSA) is 182 Å². The zero-order valence-corrected chi connectivity index (χ0v) is 19.6. The molecule has 1 aliphatic rings. The molecule has 35 heavy (non-hydrogen) atoms. The summed E-state index contributed by atoms with van der Waals surface area (Å²) in [6.07, 6.45) is 3.55. The SMILES string of the molecule is Cc1cc(C)c(NCC(=O)N2CCCCC2)c(C)c1.O=[N+]([O-])c1cc([N+](=O)[O-])c(O)c([N+](=O)[O-])c1. The van der Waals surface area contributed by atoms with Crippen molar-refractivity contribution < 1.29 is 24.7 Å². The molecule has 0 spiro atoms. The first kappa shape index (κ1) is 27.0. The molecule has 13 heteroatoms. The van der Waals surface area contributed by atoms with Crippen LogP contribution in [0, 0.1) is 51.1 Å². The third-order valence-electron chi connectivity index (χ3n) is 5.46. The quantitative estimate of drug-likeness (QED) is 0.444. The molecule has 2 N–H and O–H groups in total. The number of nitro groups is 3. The average Bonchev–Trinajstić information content (AvgIpc) is 2.78. The molecule has 2 aromatic carbocycles. The van der Waals surface area contributed by atoms with Crippen LogP contribution in [0.4, 0.5) is 22.7 Å². The number of hydrogen-bond donors (Lipinski definition) is 2. The van der Waals surface area contributed by atoms with Crippen LogP contribution < -0.4 is 5.32 Å². The normalized spacial score (nSPS) is 12.8. The molecule has 0 unspecified atom stereocenters. The van der Waals surface area contributed by atoms with E-state index in [0.29, 0.717) is 18.7 Å². The van der Waals surface area contributed by atoms with Gasteiger partial charge < -0.3 is 15.3 Å². The van der Waals surface area contributed by atoms with Crippen LogP contribution in [0.1, 0.15) is 36.0 Å². The Bertz CT molecular complexity index is 1090. The third-order valence-corrected chi connectivity index (χ3v) is 5.46. The van der Waals surface area contributed by atoms with Crippen molar-refractivity contribution in [1.82, 2.24) is 4.90 Å². The van der Waals surface area contributed by atoms with Crippen molar-refractivity contribution in [2.75, 3.05) is 25.0 Å². The van der Waals surface area contributed by atoms with Crippen molar-refractivity contribution in [2.45, 2.75) is 40.0 Å². The van der Waals surface area contributed by atoms with Crippen LogP contribution in [0.2, 0.25) is 0 Å². The van der Waals surface area contributed by atoms with E-state index in [0.717, 1.165) is 31.6 Å². The van der Waals surface area contributed by atoms with E-state index in [1.165, 1.54) is 23.1 Å². The highest BCUT2D eigenvalue weighted by Gasteiger charge is 2.30. The number of non-ortho nitro benzene ring substituents is 1. The second-order valence-corrected chi connectivity index (χ2v) is 8.17. The van der Waals surface area contributed by atoms with Gasteiger partial charge in [-0.2, -0.15) is 0 Å². The Morgan fingerprint density at radius 2 is 1.37 bits per heavy atom. The van der Waals surface area contributed by atoms with Crippen molar-refractivity contribution in [1.29, 1.82) is 0 Å². The second kappa shape index (κ2) is 11.7. The number of hydrogen-bond acceptors (Lipinski definition) is 9. The van der Waals surface area contributed by atoms with E-state index in [2.05, 4.69) is 38.2 Å². The first-order valence-electron chi connectivity index (χ1n) is 10.8. The Morgan fingerprint density at radius 1 is 0.886 bits per heavy atom. The highest BCUT2D eigenvalue weighted by molar-refractivity contribution is 5.81. The maximum absolute atomic E-state index is 12.1. The summed E-state index contributed by atoms with van der Waals surface area (Å²) < 4.78 is 0. The molecule has 0 aromatic heterocycles. The van der Waals surface area contributed by atoms with E-state index in [1.54, 1.807) is 0 Å². The molecule has 0 bridgehead atoms. The molecular weight excluding hydrogens is 462 g/mol. The van der Waals surface area contributed by atoms with Gasteiger partial charge in [-0.1, -0.05) is 17.7 Å². The molecule has 3 rings (SSSR count). The molecule has 13 nitrogen and oxygen atoms in total. The Labute approximate surface area is 200 Å². The average molecular weight is 489 g/mol. The summed E-state index contributed by atoms with van der Waals surface area (Å²) in [5.41, 5.74) is 1.80. The third kappa shape index (κ3) is 7.09. The number of aryl methyl sites for hydroxylation is 3. The van der Waals surface area contributed by atoms with Crippen LogP contribution in [0.25, 0.3) is 0 Å². The Hall–Kier alpha value is -4.29. The first-order chi connectivity index (χ1) is 16.4.